The Bertz CT molecular complexity index is 81.3. The van der Waals surface area contributed by atoms with Crippen molar-refractivity contribution >= 4 is 0 Å². The second kappa shape index (κ2) is 8.66. The molecule has 0 aliphatic heterocycles. The van der Waals surface area contributed by atoms with Gasteiger partial charge in [0.2, 0.25) is 0 Å². The van der Waals surface area contributed by atoms with Gasteiger partial charge >= 0.3 is 0 Å². The van der Waals surface area contributed by atoms with Crippen LogP contribution in [0.1, 0.15) is 13.3 Å². The number of rotatable bonds is 6. The highest BCUT2D eigenvalue weighted by molar-refractivity contribution is 4.77. The second-order valence-corrected chi connectivity index (χ2v) is 2.10. The quantitative estimate of drug-likeness (QED) is 0.445. The highest BCUT2D eigenvalue weighted by Gasteiger charge is 1.82. The molecule has 0 saturated heterocycles. The summed E-state index contributed by atoms with van der Waals surface area (Å²) < 4.78 is 4.87. The van der Waals surface area contributed by atoms with Crippen LogP contribution in [0.5, 0.6) is 0 Å². The molecular formula is C8H17NO. The van der Waals surface area contributed by atoms with E-state index in [1.165, 1.54) is 0 Å². The van der Waals surface area contributed by atoms with E-state index in [-0.39, 0.29) is 0 Å². The summed E-state index contributed by atoms with van der Waals surface area (Å²) in [6.45, 7) is 4.84. The van der Waals surface area contributed by atoms with Gasteiger partial charge in [0, 0.05) is 13.7 Å². The van der Waals surface area contributed by atoms with E-state index in [0.717, 1.165) is 26.1 Å². The number of hydrogen-bond donors (Lipinski definition) is 1. The van der Waals surface area contributed by atoms with Crippen LogP contribution in [0.15, 0.2) is 12.2 Å². The standard InChI is InChI=1S/C8H17NO/c1-3-4-5-6-9-7-8-10-2/h3-4,9H,5-8H2,1-2H3/b4-3+. The largest absolute Gasteiger partial charge is 0.383 e. The van der Waals surface area contributed by atoms with Gasteiger partial charge in [-0.05, 0) is 19.9 Å². The van der Waals surface area contributed by atoms with Crippen molar-refractivity contribution in [1.29, 1.82) is 0 Å². The molecule has 0 aromatic rings. The average molecular weight is 143 g/mol. The fourth-order valence-corrected chi connectivity index (χ4v) is 0.651. The predicted octanol–water partition coefficient (Wildman–Crippen LogP) is 1.19. The molecule has 0 aliphatic rings. The highest BCUT2D eigenvalue weighted by atomic mass is 16.5. The van der Waals surface area contributed by atoms with Gasteiger partial charge in [-0.15, -0.1) is 0 Å². The Morgan fingerprint density at radius 1 is 1.40 bits per heavy atom. The van der Waals surface area contributed by atoms with E-state index in [1.54, 1.807) is 7.11 Å². The van der Waals surface area contributed by atoms with Crippen molar-refractivity contribution in [2.75, 3.05) is 26.8 Å². The van der Waals surface area contributed by atoms with Gasteiger partial charge in [-0.1, -0.05) is 12.2 Å². The maximum atomic E-state index is 4.87. The molecule has 0 amide bonds. The molecule has 0 aromatic carbocycles. The third-order valence-corrected chi connectivity index (χ3v) is 1.21. The first-order chi connectivity index (χ1) is 4.91. The van der Waals surface area contributed by atoms with E-state index in [4.69, 9.17) is 4.74 Å². The Labute approximate surface area is 63.3 Å². The van der Waals surface area contributed by atoms with Crippen molar-refractivity contribution in [1.82, 2.24) is 5.32 Å². The van der Waals surface area contributed by atoms with Crippen LogP contribution in [-0.2, 0) is 4.74 Å². The zero-order chi connectivity index (χ0) is 7.66. The molecule has 0 rings (SSSR count). The number of ether oxygens (including phenoxy) is 1. The molecule has 1 N–H and O–H groups in total. The topological polar surface area (TPSA) is 21.3 Å². The molecule has 0 unspecified atom stereocenters. The van der Waals surface area contributed by atoms with Gasteiger partial charge in [-0.25, -0.2) is 0 Å². The van der Waals surface area contributed by atoms with Gasteiger partial charge in [0.05, 0.1) is 6.61 Å². The minimum Gasteiger partial charge on any atom is -0.383 e. The van der Waals surface area contributed by atoms with Crippen molar-refractivity contribution in [3.63, 3.8) is 0 Å². The lowest BCUT2D eigenvalue weighted by Gasteiger charge is -1.99. The summed E-state index contributed by atoms with van der Waals surface area (Å²) in [5, 5.41) is 3.24. The van der Waals surface area contributed by atoms with Crippen LogP contribution in [0.2, 0.25) is 0 Å². The summed E-state index contributed by atoms with van der Waals surface area (Å²) in [6, 6.07) is 0. The van der Waals surface area contributed by atoms with E-state index in [2.05, 4.69) is 17.5 Å². The minimum atomic E-state index is 0.801. The maximum absolute atomic E-state index is 4.87. The van der Waals surface area contributed by atoms with Crippen LogP contribution in [0.25, 0.3) is 0 Å². The van der Waals surface area contributed by atoms with E-state index < -0.39 is 0 Å². The Morgan fingerprint density at radius 2 is 2.20 bits per heavy atom. The van der Waals surface area contributed by atoms with Gasteiger partial charge in [0.25, 0.3) is 0 Å². The van der Waals surface area contributed by atoms with E-state index in [1.807, 2.05) is 6.92 Å². The second-order valence-electron chi connectivity index (χ2n) is 2.10. The highest BCUT2D eigenvalue weighted by Crippen LogP contribution is 1.78. The fraction of sp³-hybridized carbons (Fsp3) is 0.750. The summed E-state index contributed by atoms with van der Waals surface area (Å²) >= 11 is 0. The number of allylic oxidation sites excluding steroid dienone is 1. The maximum Gasteiger partial charge on any atom is 0.0587 e. The Balaban J connectivity index is 2.77. The summed E-state index contributed by atoms with van der Waals surface area (Å²) in [6.07, 6.45) is 5.33. The van der Waals surface area contributed by atoms with Crippen LogP contribution >= 0.6 is 0 Å². The van der Waals surface area contributed by atoms with Crippen LogP contribution in [0.3, 0.4) is 0 Å². The third kappa shape index (κ3) is 7.66. The van der Waals surface area contributed by atoms with Crippen molar-refractivity contribution in [3.8, 4) is 0 Å². The van der Waals surface area contributed by atoms with Crippen LogP contribution < -0.4 is 5.32 Å². The molecule has 60 valence electrons. The zero-order valence-corrected chi connectivity index (χ0v) is 6.89. The Morgan fingerprint density at radius 3 is 2.80 bits per heavy atom. The van der Waals surface area contributed by atoms with Gasteiger partial charge in [0.15, 0.2) is 0 Å². The molecule has 0 heterocycles. The molecule has 0 fully saturated rings. The van der Waals surface area contributed by atoms with Gasteiger partial charge in [0.1, 0.15) is 0 Å². The predicted molar refractivity (Wildman–Crippen MR) is 44.2 cm³/mol. The molecule has 0 aromatic heterocycles. The first kappa shape index (κ1) is 9.66. The Hall–Kier alpha value is -0.340. The Kier molecular flexibility index (Phi) is 8.37. The molecule has 0 bridgehead atoms. The van der Waals surface area contributed by atoms with Gasteiger partial charge in [-0.3, -0.25) is 0 Å². The molecular weight excluding hydrogens is 126 g/mol. The third-order valence-electron chi connectivity index (χ3n) is 1.21. The summed E-state index contributed by atoms with van der Waals surface area (Å²) in [4.78, 5) is 0. The summed E-state index contributed by atoms with van der Waals surface area (Å²) in [7, 11) is 1.72. The van der Waals surface area contributed by atoms with Crippen molar-refractivity contribution in [3.05, 3.63) is 12.2 Å². The summed E-state index contributed by atoms with van der Waals surface area (Å²) in [5.74, 6) is 0. The van der Waals surface area contributed by atoms with Crippen molar-refractivity contribution in [2.45, 2.75) is 13.3 Å². The molecule has 2 heteroatoms. The molecule has 2 nitrogen and oxygen atoms in total. The molecule has 0 aliphatic carbocycles. The number of methoxy groups -OCH3 is 1. The molecule has 10 heavy (non-hydrogen) atoms. The lowest BCUT2D eigenvalue weighted by atomic mass is 10.4. The first-order valence-corrected chi connectivity index (χ1v) is 3.72. The van der Waals surface area contributed by atoms with Gasteiger partial charge in [-0.2, -0.15) is 0 Å². The number of nitrogens with one attached hydrogen (secondary N) is 1. The lowest BCUT2D eigenvalue weighted by Crippen LogP contribution is -2.19. The number of hydrogen-bond acceptors (Lipinski definition) is 2. The van der Waals surface area contributed by atoms with Gasteiger partial charge < -0.3 is 10.1 Å². The van der Waals surface area contributed by atoms with E-state index in [0.29, 0.717) is 0 Å². The molecule has 0 radical (unpaired) electrons. The monoisotopic (exact) mass is 143 g/mol. The van der Waals surface area contributed by atoms with Crippen LogP contribution in [0.4, 0.5) is 0 Å². The van der Waals surface area contributed by atoms with E-state index >= 15 is 0 Å². The zero-order valence-electron chi connectivity index (χ0n) is 6.89. The molecule has 0 spiro atoms. The fourth-order valence-electron chi connectivity index (χ4n) is 0.651. The molecule has 0 saturated carbocycles. The summed E-state index contributed by atoms with van der Waals surface area (Å²) in [5.41, 5.74) is 0. The smallest absolute Gasteiger partial charge is 0.0587 e. The first-order valence-electron chi connectivity index (χ1n) is 3.72. The minimum absolute atomic E-state index is 0.801. The van der Waals surface area contributed by atoms with Crippen molar-refractivity contribution in [2.24, 2.45) is 0 Å². The SMILES string of the molecule is C/C=C/CCNCCOC. The lowest BCUT2D eigenvalue weighted by molar-refractivity contribution is 0.199. The van der Waals surface area contributed by atoms with E-state index in [9.17, 15) is 0 Å². The van der Waals surface area contributed by atoms with Crippen molar-refractivity contribution < 1.29 is 4.74 Å². The average Bonchev–Trinajstić information content (AvgIpc) is 1.97. The molecule has 0 atom stereocenters. The van der Waals surface area contributed by atoms with Crippen LogP contribution in [-0.4, -0.2) is 26.8 Å². The van der Waals surface area contributed by atoms with Crippen LogP contribution in [0, 0.1) is 0 Å². The normalized spacial score (nSPS) is 11.0.